The molecular formula is C11H20N2. The van der Waals surface area contributed by atoms with Crippen LogP contribution in [0.4, 0.5) is 0 Å². The van der Waals surface area contributed by atoms with Crippen LogP contribution in [0, 0.1) is 23.2 Å². The van der Waals surface area contributed by atoms with Crippen molar-refractivity contribution in [3.63, 3.8) is 0 Å². The van der Waals surface area contributed by atoms with Gasteiger partial charge < -0.3 is 0 Å². The number of hydrogen-bond acceptors (Lipinski definition) is 2. The topological polar surface area (TPSA) is 27.0 Å². The Balaban J connectivity index is 2.79. The molecule has 0 saturated heterocycles. The van der Waals surface area contributed by atoms with E-state index < -0.39 is 0 Å². The van der Waals surface area contributed by atoms with Gasteiger partial charge in [0.15, 0.2) is 0 Å². The molecule has 2 heteroatoms. The van der Waals surface area contributed by atoms with E-state index in [4.69, 9.17) is 0 Å². The van der Waals surface area contributed by atoms with E-state index in [9.17, 15) is 5.26 Å². The normalized spacial score (nSPS) is 38.5. The molecule has 0 amide bonds. The van der Waals surface area contributed by atoms with E-state index in [1.54, 1.807) is 0 Å². The quantitative estimate of drug-likeness (QED) is 0.666. The van der Waals surface area contributed by atoms with Gasteiger partial charge in [-0.15, -0.1) is 0 Å². The van der Waals surface area contributed by atoms with E-state index in [-0.39, 0.29) is 5.54 Å². The Morgan fingerprint density at radius 3 is 2.15 bits per heavy atom. The summed E-state index contributed by atoms with van der Waals surface area (Å²) < 4.78 is 0. The number of nitriles is 1. The summed E-state index contributed by atoms with van der Waals surface area (Å²) in [6.45, 7) is 10.7. The first-order valence-electron chi connectivity index (χ1n) is 5.28. The molecule has 0 aromatic heterocycles. The van der Waals surface area contributed by atoms with Crippen LogP contribution in [0.2, 0.25) is 0 Å². The summed E-state index contributed by atoms with van der Waals surface area (Å²) >= 11 is 0. The lowest BCUT2D eigenvalue weighted by Gasteiger charge is -2.53. The van der Waals surface area contributed by atoms with Crippen LogP contribution >= 0.6 is 0 Å². The molecule has 1 aliphatic rings. The van der Waals surface area contributed by atoms with Crippen LogP contribution in [0.5, 0.6) is 0 Å². The summed E-state index contributed by atoms with van der Waals surface area (Å²) in [6.07, 6.45) is 1.05. The smallest absolute Gasteiger partial charge is 0.112 e. The SMILES string of the molecule is CCN(CC)C1(C#N)CC(C)C1C. The predicted molar refractivity (Wildman–Crippen MR) is 54.2 cm³/mol. The number of rotatable bonds is 3. The second-order valence-electron chi connectivity index (χ2n) is 4.18. The molecule has 1 rings (SSSR count). The van der Waals surface area contributed by atoms with Gasteiger partial charge in [0.05, 0.1) is 6.07 Å². The molecule has 1 saturated carbocycles. The second kappa shape index (κ2) is 3.67. The molecule has 0 aliphatic heterocycles. The molecule has 0 bridgehead atoms. The van der Waals surface area contributed by atoms with Crippen molar-refractivity contribution < 1.29 is 0 Å². The van der Waals surface area contributed by atoms with Crippen molar-refractivity contribution in [3.8, 4) is 6.07 Å². The summed E-state index contributed by atoms with van der Waals surface area (Å²) in [5.74, 6) is 1.23. The van der Waals surface area contributed by atoms with E-state index in [0.29, 0.717) is 11.8 Å². The van der Waals surface area contributed by atoms with Crippen LogP contribution in [0.25, 0.3) is 0 Å². The Labute approximate surface area is 81.5 Å². The minimum atomic E-state index is -0.150. The maximum absolute atomic E-state index is 9.27. The highest BCUT2D eigenvalue weighted by Crippen LogP contribution is 2.46. The van der Waals surface area contributed by atoms with Crippen molar-refractivity contribution >= 4 is 0 Å². The van der Waals surface area contributed by atoms with Gasteiger partial charge in [-0.05, 0) is 31.3 Å². The van der Waals surface area contributed by atoms with E-state index >= 15 is 0 Å². The molecule has 3 atom stereocenters. The highest BCUT2D eigenvalue weighted by atomic mass is 15.2. The van der Waals surface area contributed by atoms with Crippen molar-refractivity contribution in [2.75, 3.05) is 13.1 Å². The average Bonchev–Trinajstić information content (AvgIpc) is 2.17. The minimum absolute atomic E-state index is 0.150. The zero-order valence-corrected chi connectivity index (χ0v) is 9.17. The Morgan fingerprint density at radius 1 is 1.38 bits per heavy atom. The molecule has 0 N–H and O–H groups in total. The summed E-state index contributed by atoms with van der Waals surface area (Å²) in [4.78, 5) is 2.30. The highest BCUT2D eigenvalue weighted by Gasteiger charge is 2.52. The second-order valence-corrected chi connectivity index (χ2v) is 4.18. The van der Waals surface area contributed by atoms with Gasteiger partial charge in [-0.25, -0.2) is 0 Å². The van der Waals surface area contributed by atoms with Gasteiger partial charge in [-0.2, -0.15) is 5.26 Å². The number of nitrogens with zero attached hydrogens (tertiary/aromatic N) is 2. The number of hydrogen-bond donors (Lipinski definition) is 0. The monoisotopic (exact) mass is 180 g/mol. The summed E-state index contributed by atoms with van der Waals surface area (Å²) in [5.41, 5.74) is -0.150. The fraction of sp³-hybridized carbons (Fsp3) is 0.909. The van der Waals surface area contributed by atoms with Crippen LogP contribution in [-0.2, 0) is 0 Å². The van der Waals surface area contributed by atoms with Crippen LogP contribution < -0.4 is 0 Å². The lowest BCUT2D eigenvalue weighted by Crippen LogP contribution is -2.62. The molecule has 13 heavy (non-hydrogen) atoms. The van der Waals surface area contributed by atoms with Crippen molar-refractivity contribution in [3.05, 3.63) is 0 Å². The Bertz CT molecular complexity index is 215. The van der Waals surface area contributed by atoms with Crippen molar-refractivity contribution in [2.45, 2.75) is 39.7 Å². The van der Waals surface area contributed by atoms with E-state index in [0.717, 1.165) is 19.5 Å². The van der Waals surface area contributed by atoms with E-state index in [1.165, 1.54) is 0 Å². The molecule has 0 heterocycles. The zero-order chi connectivity index (χ0) is 10.1. The summed E-state index contributed by atoms with van der Waals surface area (Å²) in [7, 11) is 0. The molecule has 0 radical (unpaired) electrons. The molecule has 0 aromatic rings. The first kappa shape index (κ1) is 10.5. The third kappa shape index (κ3) is 1.36. The molecule has 1 aliphatic carbocycles. The fourth-order valence-corrected chi connectivity index (χ4v) is 2.59. The first-order chi connectivity index (χ1) is 6.12. The Kier molecular flexibility index (Phi) is 2.98. The molecule has 1 fully saturated rings. The lowest BCUT2D eigenvalue weighted by atomic mass is 9.60. The lowest BCUT2D eigenvalue weighted by molar-refractivity contribution is -0.0292. The van der Waals surface area contributed by atoms with Gasteiger partial charge in [0.25, 0.3) is 0 Å². The summed E-state index contributed by atoms with van der Waals surface area (Å²) in [5, 5.41) is 9.27. The molecule has 0 aromatic carbocycles. The minimum Gasteiger partial charge on any atom is -0.286 e. The summed E-state index contributed by atoms with van der Waals surface area (Å²) in [6, 6.07) is 2.52. The van der Waals surface area contributed by atoms with Gasteiger partial charge in [-0.3, -0.25) is 4.90 Å². The highest BCUT2D eigenvalue weighted by molar-refractivity contribution is 5.19. The molecule has 3 unspecified atom stereocenters. The third-order valence-electron chi connectivity index (χ3n) is 3.76. The van der Waals surface area contributed by atoms with Gasteiger partial charge in [-0.1, -0.05) is 27.7 Å². The molecule has 74 valence electrons. The largest absolute Gasteiger partial charge is 0.286 e. The van der Waals surface area contributed by atoms with Gasteiger partial charge >= 0.3 is 0 Å². The van der Waals surface area contributed by atoms with Gasteiger partial charge in [0, 0.05) is 0 Å². The Hall–Kier alpha value is -0.550. The first-order valence-corrected chi connectivity index (χ1v) is 5.28. The van der Waals surface area contributed by atoms with Crippen LogP contribution in [0.15, 0.2) is 0 Å². The standard InChI is InChI=1S/C11H20N2/c1-5-13(6-2)11(8-12)7-9(3)10(11)4/h9-10H,5-7H2,1-4H3. The Morgan fingerprint density at radius 2 is 1.92 bits per heavy atom. The third-order valence-corrected chi connectivity index (χ3v) is 3.76. The molecule has 0 spiro atoms. The van der Waals surface area contributed by atoms with Gasteiger partial charge in [0.1, 0.15) is 5.54 Å². The van der Waals surface area contributed by atoms with E-state index in [2.05, 4.69) is 38.7 Å². The van der Waals surface area contributed by atoms with Crippen LogP contribution in [0.1, 0.15) is 34.1 Å². The van der Waals surface area contributed by atoms with Gasteiger partial charge in [0.2, 0.25) is 0 Å². The van der Waals surface area contributed by atoms with Crippen molar-refractivity contribution in [2.24, 2.45) is 11.8 Å². The van der Waals surface area contributed by atoms with Crippen LogP contribution in [-0.4, -0.2) is 23.5 Å². The van der Waals surface area contributed by atoms with Crippen molar-refractivity contribution in [1.82, 2.24) is 4.90 Å². The maximum atomic E-state index is 9.27. The predicted octanol–water partition coefficient (Wildman–Crippen LogP) is 2.27. The van der Waals surface area contributed by atoms with E-state index in [1.807, 2.05) is 0 Å². The fourth-order valence-electron chi connectivity index (χ4n) is 2.59. The molecular weight excluding hydrogens is 160 g/mol. The zero-order valence-electron chi connectivity index (χ0n) is 9.17. The van der Waals surface area contributed by atoms with Crippen molar-refractivity contribution in [1.29, 1.82) is 5.26 Å². The average molecular weight is 180 g/mol. The molecule has 2 nitrogen and oxygen atoms in total. The van der Waals surface area contributed by atoms with Crippen LogP contribution in [0.3, 0.4) is 0 Å². The maximum Gasteiger partial charge on any atom is 0.112 e.